The number of nitrogens with one attached hydrogen (secondary N) is 1. The van der Waals surface area contributed by atoms with Gasteiger partial charge in [0, 0.05) is 37.8 Å². The summed E-state index contributed by atoms with van der Waals surface area (Å²) in [5, 5.41) is 12.3. The SMILES string of the molecule is N#Cc1ccc(Cn2cncc2CN[C@H]2CCN(C3CCOc4ccc(F)cc43)C2=O)cc1. The van der Waals surface area contributed by atoms with Crippen LogP contribution < -0.4 is 10.1 Å². The number of benzene rings is 2. The van der Waals surface area contributed by atoms with E-state index in [2.05, 4.69) is 16.4 Å². The normalized spacial score (nSPS) is 19.8. The van der Waals surface area contributed by atoms with Crippen LogP contribution in [0.2, 0.25) is 0 Å². The van der Waals surface area contributed by atoms with E-state index in [0.717, 1.165) is 16.8 Å². The van der Waals surface area contributed by atoms with Crippen LogP contribution in [0.5, 0.6) is 5.75 Å². The molecule has 8 heteroatoms. The number of nitrogens with zero attached hydrogens (tertiary/aromatic N) is 4. The third-order valence-electron chi connectivity index (χ3n) is 6.36. The zero-order valence-corrected chi connectivity index (χ0v) is 18.1. The zero-order chi connectivity index (χ0) is 22.8. The van der Waals surface area contributed by atoms with Gasteiger partial charge in [-0.05, 0) is 42.3 Å². The van der Waals surface area contributed by atoms with Crippen molar-refractivity contribution in [3.05, 3.63) is 83.2 Å². The van der Waals surface area contributed by atoms with Gasteiger partial charge in [0.25, 0.3) is 0 Å². The van der Waals surface area contributed by atoms with Gasteiger partial charge in [-0.15, -0.1) is 0 Å². The van der Waals surface area contributed by atoms with Crippen molar-refractivity contribution in [1.29, 1.82) is 5.26 Å². The highest BCUT2D eigenvalue weighted by Crippen LogP contribution is 2.38. The largest absolute Gasteiger partial charge is 0.493 e. The molecular formula is C25H24FN5O2. The smallest absolute Gasteiger partial charge is 0.240 e. The minimum atomic E-state index is -0.318. The van der Waals surface area contributed by atoms with Crippen LogP contribution in [0, 0.1) is 17.1 Å². The molecule has 1 aromatic heterocycles. The fraction of sp³-hybridized carbons (Fsp3) is 0.320. The van der Waals surface area contributed by atoms with Crippen molar-refractivity contribution in [3.8, 4) is 11.8 Å². The lowest BCUT2D eigenvalue weighted by molar-refractivity contribution is -0.132. The van der Waals surface area contributed by atoms with Crippen LogP contribution in [0.1, 0.15) is 41.3 Å². The molecule has 3 heterocycles. The molecule has 3 aromatic rings. The Morgan fingerprint density at radius 3 is 2.88 bits per heavy atom. The number of nitriles is 1. The number of fused-ring (bicyclic) bond motifs is 1. The van der Waals surface area contributed by atoms with Crippen molar-refractivity contribution in [1.82, 2.24) is 19.8 Å². The van der Waals surface area contributed by atoms with Gasteiger partial charge in [-0.3, -0.25) is 4.79 Å². The van der Waals surface area contributed by atoms with Crippen molar-refractivity contribution >= 4 is 5.91 Å². The number of aromatic nitrogens is 2. The van der Waals surface area contributed by atoms with Gasteiger partial charge in [-0.25, -0.2) is 9.37 Å². The molecule has 2 atom stereocenters. The second-order valence-corrected chi connectivity index (χ2v) is 8.41. The van der Waals surface area contributed by atoms with Gasteiger partial charge >= 0.3 is 0 Å². The van der Waals surface area contributed by atoms with Gasteiger partial charge in [-0.2, -0.15) is 5.26 Å². The topological polar surface area (TPSA) is 83.2 Å². The highest BCUT2D eigenvalue weighted by molar-refractivity contribution is 5.84. The van der Waals surface area contributed by atoms with Gasteiger partial charge in [-0.1, -0.05) is 12.1 Å². The number of carbonyl (C=O) groups excluding carboxylic acids is 1. The maximum absolute atomic E-state index is 13.8. The molecule has 2 aromatic carbocycles. The fourth-order valence-electron chi connectivity index (χ4n) is 4.62. The number of ether oxygens (including phenoxy) is 1. The number of hydrogen-bond donors (Lipinski definition) is 1. The molecule has 1 saturated heterocycles. The van der Waals surface area contributed by atoms with E-state index in [4.69, 9.17) is 10.00 Å². The first kappa shape index (κ1) is 21.2. The molecule has 0 radical (unpaired) electrons. The molecule has 0 aliphatic carbocycles. The Morgan fingerprint density at radius 1 is 1.21 bits per heavy atom. The summed E-state index contributed by atoms with van der Waals surface area (Å²) in [6.45, 7) is 2.29. The second kappa shape index (κ2) is 9.04. The Kier molecular flexibility index (Phi) is 5.80. The summed E-state index contributed by atoms with van der Waals surface area (Å²) in [6.07, 6.45) is 4.92. The molecule has 1 fully saturated rings. The summed E-state index contributed by atoms with van der Waals surface area (Å²) in [6, 6.07) is 13.7. The molecule has 7 nitrogen and oxygen atoms in total. The fourth-order valence-corrected chi connectivity index (χ4v) is 4.62. The van der Waals surface area contributed by atoms with Crippen molar-refractivity contribution < 1.29 is 13.9 Å². The lowest BCUT2D eigenvalue weighted by Crippen LogP contribution is -2.40. The predicted octanol–water partition coefficient (Wildman–Crippen LogP) is 3.16. The Labute approximate surface area is 191 Å². The summed E-state index contributed by atoms with van der Waals surface area (Å²) in [5.41, 5.74) is 3.42. The van der Waals surface area contributed by atoms with Gasteiger partial charge in [0.1, 0.15) is 11.6 Å². The third-order valence-corrected chi connectivity index (χ3v) is 6.36. The molecule has 5 rings (SSSR count). The van der Waals surface area contributed by atoms with Crippen LogP contribution in [0.3, 0.4) is 0 Å². The Bertz CT molecular complexity index is 1200. The summed E-state index contributed by atoms with van der Waals surface area (Å²) in [4.78, 5) is 19.3. The number of amides is 1. The molecule has 33 heavy (non-hydrogen) atoms. The first-order valence-corrected chi connectivity index (χ1v) is 11.1. The molecule has 1 unspecified atom stereocenters. The Morgan fingerprint density at radius 2 is 2.06 bits per heavy atom. The van der Waals surface area contributed by atoms with Crippen LogP contribution in [0.4, 0.5) is 4.39 Å². The standard InChI is InChI=1S/C25H24FN5O2/c26-19-5-6-24-21(11-19)23(8-10-33-24)31-9-7-22(25(31)32)29-14-20-13-28-16-30(20)15-18-3-1-17(12-27)2-4-18/h1-6,11,13,16,22-23,29H,7-10,14-15H2/t22-,23?/m0/s1. The second-order valence-electron chi connectivity index (χ2n) is 8.41. The highest BCUT2D eigenvalue weighted by atomic mass is 19.1. The first-order valence-electron chi connectivity index (χ1n) is 11.1. The molecule has 0 bridgehead atoms. The van der Waals surface area contributed by atoms with Crippen LogP contribution in [0.25, 0.3) is 0 Å². The highest BCUT2D eigenvalue weighted by Gasteiger charge is 2.38. The minimum absolute atomic E-state index is 0.0373. The average Bonchev–Trinajstić information content (AvgIpc) is 3.43. The maximum Gasteiger partial charge on any atom is 0.240 e. The van der Waals surface area contributed by atoms with E-state index in [0.29, 0.717) is 50.4 Å². The lowest BCUT2D eigenvalue weighted by atomic mass is 9.99. The monoisotopic (exact) mass is 445 g/mol. The average molecular weight is 445 g/mol. The first-order chi connectivity index (χ1) is 16.1. The molecule has 2 aliphatic rings. The quantitative estimate of drug-likeness (QED) is 0.630. The van der Waals surface area contributed by atoms with Crippen LogP contribution in [-0.4, -0.2) is 39.6 Å². The van der Waals surface area contributed by atoms with Crippen molar-refractivity contribution in [2.45, 2.75) is 38.0 Å². The minimum Gasteiger partial charge on any atom is -0.493 e. The van der Waals surface area contributed by atoms with Crippen molar-refractivity contribution in [2.75, 3.05) is 13.2 Å². The summed E-state index contributed by atoms with van der Waals surface area (Å²) in [7, 11) is 0. The van der Waals surface area contributed by atoms with Gasteiger partial charge in [0.15, 0.2) is 0 Å². The number of rotatable bonds is 6. The molecule has 0 saturated carbocycles. The Hall–Kier alpha value is -3.70. The van der Waals surface area contributed by atoms with Crippen molar-refractivity contribution in [2.24, 2.45) is 0 Å². The van der Waals surface area contributed by atoms with E-state index >= 15 is 0 Å². The predicted molar refractivity (Wildman–Crippen MR) is 119 cm³/mol. The molecule has 168 valence electrons. The van der Waals surface area contributed by atoms with Crippen LogP contribution in [-0.2, 0) is 17.9 Å². The van der Waals surface area contributed by atoms with Crippen LogP contribution in [0.15, 0.2) is 55.0 Å². The number of hydrogen-bond acceptors (Lipinski definition) is 5. The van der Waals surface area contributed by atoms with E-state index in [1.54, 1.807) is 30.7 Å². The zero-order valence-electron chi connectivity index (χ0n) is 18.1. The molecule has 1 amide bonds. The molecule has 1 N–H and O–H groups in total. The number of carbonyl (C=O) groups is 1. The summed E-state index contributed by atoms with van der Waals surface area (Å²) >= 11 is 0. The van der Waals surface area contributed by atoms with E-state index in [1.165, 1.54) is 12.1 Å². The Balaban J connectivity index is 1.23. The molecule has 2 aliphatic heterocycles. The maximum atomic E-state index is 13.8. The van der Waals surface area contributed by atoms with E-state index in [-0.39, 0.29) is 23.8 Å². The number of halogens is 1. The van der Waals surface area contributed by atoms with E-state index < -0.39 is 0 Å². The van der Waals surface area contributed by atoms with Gasteiger partial charge < -0.3 is 19.5 Å². The van der Waals surface area contributed by atoms with Crippen LogP contribution >= 0.6 is 0 Å². The summed E-state index contributed by atoms with van der Waals surface area (Å²) < 4.78 is 21.5. The number of imidazole rings is 1. The molecule has 0 spiro atoms. The molecular weight excluding hydrogens is 421 g/mol. The lowest BCUT2D eigenvalue weighted by Gasteiger charge is -2.33. The van der Waals surface area contributed by atoms with Crippen molar-refractivity contribution in [3.63, 3.8) is 0 Å². The van der Waals surface area contributed by atoms with Gasteiger partial charge in [0.05, 0.1) is 42.3 Å². The van der Waals surface area contributed by atoms with E-state index in [1.807, 2.05) is 21.6 Å². The van der Waals surface area contributed by atoms with Gasteiger partial charge in [0.2, 0.25) is 5.91 Å². The third kappa shape index (κ3) is 4.32. The summed E-state index contributed by atoms with van der Waals surface area (Å²) in [5.74, 6) is 0.375. The number of likely N-dealkylation sites (tertiary alicyclic amines) is 1. The van der Waals surface area contributed by atoms with E-state index in [9.17, 15) is 9.18 Å².